The summed E-state index contributed by atoms with van der Waals surface area (Å²) in [6.07, 6.45) is 1.44. The molecule has 6 heteroatoms. The molecule has 0 radical (unpaired) electrons. The quantitative estimate of drug-likeness (QED) is 0.537. The van der Waals surface area contributed by atoms with E-state index in [0.29, 0.717) is 16.9 Å². The van der Waals surface area contributed by atoms with Crippen molar-refractivity contribution in [3.63, 3.8) is 0 Å². The van der Waals surface area contributed by atoms with Crippen molar-refractivity contribution in [3.05, 3.63) is 58.4 Å². The van der Waals surface area contributed by atoms with E-state index in [1.165, 1.54) is 18.3 Å². The number of aryl methyl sites for hydroxylation is 1. The third-order valence-electron chi connectivity index (χ3n) is 2.90. The number of hydrogen-bond donors (Lipinski definition) is 1. The van der Waals surface area contributed by atoms with Gasteiger partial charge in [0.05, 0.1) is 7.11 Å². The van der Waals surface area contributed by atoms with Gasteiger partial charge in [-0.1, -0.05) is 23.7 Å². The molecular formula is C15H14ClN3O2. The number of rotatable bonds is 3. The van der Waals surface area contributed by atoms with Crippen LogP contribution in [0.4, 0.5) is 0 Å². The van der Waals surface area contributed by atoms with Gasteiger partial charge in [0.25, 0.3) is 5.91 Å². The van der Waals surface area contributed by atoms with Crippen LogP contribution in [-0.2, 0) is 0 Å². The lowest BCUT2D eigenvalue weighted by molar-refractivity contribution is 0.100. The van der Waals surface area contributed by atoms with Crippen molar-refractivity contribution in [3.8, 4) is 5.75 Å². The van der Waals surface area contributed by atoms with Crippen LogP contribution in [0.2, 0.25) is 5.15 Å². The van der Waals surface area contributed by atoms with Gasteiger partial charge in [-0.25, -0.2) is 4.98 Å². The number of carbonyl (C=O) groups is 1. The van der Waals surface area contributed by atoms with E-state index in [2.05, 4.69) is 9.98 Å². The Labute approximate surface area is 127 Å². The monoisotopic (exact) mass is 303 g/mol. The summed E-state index contributed by atoms with van der Waals surface area (Å²) >= 11 is 5.74. The summed E-state index contributed by atoms with van der Waals surface area (Å²) in [5, 5.41) is 0.228. The molecule has 0 spiro atoms. The van der Waals surface area contributed by atoms with E-state index in [1.807, 2.05) is 13.0 Å². The Morgan fingerprint density at radius 2 is 2.05 bits per heavy atom. The summed E-state index contributed by atoms with van der Waals surface area (Å²) in [5.74, 6) is 0.327. The predicted octanol–water partition coefficient (Wildman–Crippen LogP) is 2.60. The van der Waals surface area contributed by atoms with Crippen LogP contribution in [0.15, 0.2) is 41.5 Å². The van der Waals surface area contributed by atoms with E-state index in [0.717, 1.165) is 5.56 Å². The summed E-state index contributed by atoms with van der Waals surface area (Å²) in [6.45, 7) is 1.92. The topological polar surface area (TPSA) is 77.6 Å². The normalized spacial score (nSPS) is 11.3. The van der Waals surface area contributed by atoms with Crippen molar-refractivity contribution < 1.29 is 9.53 Å². The van der Waals surface area contributed by atoms with E-state index in [1.54, 1.807) is 19.2 Å². The molecular weight excluding hydrogens is 290 g/mol. The van der Waals surface area contributed by atoms with E-state index in [9.17, 15) is 4.79 Å². The van der Waals surface area contributed by atoms with Crippen LogP contribution in [0.3, 0.4) is 0 Å². The van der Waals surface area contributed by atoms with Crippen molar-refractivity contribution in [1.29, 1.82) is 0 Å². The van der Waals surface area contributed by atoms with Crippen LogP contribution in [-0.4, -0.2) is 23.8 Å². The highest BCUT2D eigenvalue weighted by molar-refractivity contribution is 6.29. The van der Waals surface area contributed by atoms with Gasteiger partial charge in [-0.2, -0.15) is 4.99 Å². The maximum atomic E-state index is 12.0. The van der Waals surface area contributed by atoms with Gasteiger partial charge in [-0.3, -0.25) is 4.79 Å². The van der Waals surface area contributed by atoms with Crippen LogP contribution < -0.4 is 10.5 Å². The largest absolute Gasteiger partial charge is 0.496 e. The van der Waals surface area contributed by atoms with Gasteiger partial charge in [0.15, 0.2) is 0 Å². The zero-order valence-corrected chi connectivity index (χ0v) is 12.4. The van der Waals surface area contributed by atoms with E-state index >= 15 is 0 Å². The Hall–Kier alpha value is -2.40. The third-order valence-corrected chi connectivity index (χ3v) is 3.11. The molecule has 0 aliphatic carbocycles. The predicted molar refractivity (Wildman–Crippen MR) is 82.0 cm³/mol. The molecule has 0 fully saturated rings. The van der Waals surface area contributed by atoms with Gasteiger partial charge in [0.2, 0.25) is 0 Å². The highest BCUT2D eigenvalue weighted by Gasteiger charge is 2.09. The summed E-state index contributed by atoms with van der Waals surface area (Å²) in [7, 11) is 1.57. The maximum Gasteiger partial charge on any atom is 0.279 e. The Bertz CT molecular complexity index is 714. The van der Waals surface area contributed by atoms with Crippen LogP contribution in [0.1, 0.15) is 21.5 Å². The van der Waals surface area contributed by atoms with Crippen LogP contribution in [0.25, 0.3) is 0 Å². The van der Waals surface area contributed by atoms with Gasteiger partial charge >= 0.3 is 0 Å². The second kappa shape index (κ2) is 6.37. The number of nitrogens with zero attached hydrogens (tertiary/aromatic N) is 2. The minimum absolute atomic E-state index is 0.117. The first-order valence-corrected chi connectivity index (χ1v) is 6.54. The van der Waals surface area contributed by atoms with Gasteiger partial charge in [-0.15, -0.1) is 0 Å². The maximum absolute atomic E-state index is 12.0. The number of carbonyl (C=O) groups excluding carboxylic acids is 1. The lowest BCUT2D eigenvalue weighted by Gasteiger charge is -2.07. The van der Waals surface area contributed by atoms with Crippen molar-refractivity contribution in [1.82, 2.24) is 4.98 Å². The summed E-state index contributed by atoms with van der Waals surface area (Å²) in [4.78, 5) is 19.7. The van der Waals surface area contributed by atoms with E-state index < -0.39 is 5.91 Å². The molecule has 0 saturated heterocycles. The first-order valence-electron chi connectivity index (χ1n) is 6.16. The molecule has 0 aliphatic rings. The summed E-state index contributed by atoms with van der Waals surface area (Å²) < 4.78 is 5.22. The number of ether oxygens (including phenoxy) is 1. The van der Waals surface area contributed by atoms with Crippen molar-refractivity contribution >= 4 is 23.3 Å². The first-order chi connectivity index (χ1) is 10.0. The van der Waals surface area contributed by atoms with E-state index in [4.69, 9.17) is 22.1 Å². The molecule has 5 nitrogen and oxygen atoms in total. The Morgan fingerprint density at radius 3 is 2.71 bits per heavy atom. The van der Waals surface area contributed by atoms with Gasteiger partial charge in [0, 0.05) is 17.3 Å². The Morgan fingerprint density at radius 1 is 1.29 bits per heavy atom. The fourth-order valence-corrected chi connectivity index (χ4v) is 1.93. The molecule has 0 unspecified atom stereocenters. The second-order valence-electron chi connectivity index (χ2n) is 4.35. The van der Waals surface area contributed by atoms with Crippen LogP contribution in [0, 0.1) is 6.92 Å². The number of amides is 1. The van der Waals surface area contributed by atoms with Gasteiger partial charge < -0.3 is 10.5 Å². The van der Waals surface area contributed by atoms with E-state index in [-0.39, 0.29) is 11.0 Å². The number of benzene rings is 1. The first kappa shape index (κ1) is 15.0. The SMILES string of the molecule is COc1cc(C(N)=NC(=O)c2ccnc(Cl)c2)ccc1C. The average molecular weight is 304 g/mol. The molecule has 2 N–H and O–H groups in total. The number of methoxy groups -OCH3 is 1. The van der Waals surface area contributed by atoms with Gasteiger partial charge in [-0.05, 0) is 30.7 Å². The van der Waals surface area contributed by atoms with Crippen LogP contribution in [0.5, 0.6) is 5.75 Å². The summed E-state index contributed by atoms with van der Waals surface area (Å²) in [6, 6.07) is 8.34. The molecule has 2 rings (SSSR count). The number of pyridine rings is 1. The number of halogens is 1. The fraction of sp³-hybridized carbons (Fsp3) is 0.133. The average Bonchev–Trinajstić information content (AvgIpc) is 2.47. The standard InChI is InChI=1S/C15H14ClN3O2/c1-9-3-4-10(7-12(9)21-2)14(17)19-15(20)11-5-6-18-13(16)8-11/h3-8H,1-2H3,(H2,17,19,20). The number of amidine groups is 1. The lowest BCUT2D eigenvalue weighted by atomic mass is 10.1. The molecule has 0 saturated carbocycles. The number of aromatic nitrogens is 1. The molecule has 0 atom stereocenters. The van der Waals surface area contributed by atoms with Crippen LogP contribution >= 0.6 is 11.6 Å². The molecule has 1 aromatic heterocycles. The van der Waals surface area contributed by atoms with Crippen molar-refractivity contribution in [2.24, 2.45) is 10.7 Å². The minimum Gasteiger partial charge on any atom is -0.496 e. The lowest BCUT2D eigenvalue weighted by Crippen LogP contribution is -2.16. The molecule has 0 bridgehead atoms. The number of nitrogens with two attached hydrogens (primary N) is 1. The summed E-state index contributed by atoms with van der Waals surface area (Å²) in [5.41, 5.74) is 7.79. The molecule has 21 heavy (non-hydrogen) atoms. The third kappa shape index (κ3) is 3.58. The number of aliphatic imine (C=N–C) groups is 1. The molecule has 1 amide bonds. The molecule has 2 aromatic rings. The Kier molecular flexibility index (Phi) is 4.55. The molecule has 108 valence electrons. The zero-order valence-electron chi connectivity index (χ0n) is 11.6. The van der Waals surface area contributed by atoms with Crippen molar-refractivity contribution in [2.75, 3.05) is 7.11 Å². The van der Waals surface area contributed by atoms with Crippen molar-refractivity contribution in [2.45, 2.75) is 6.92 Å². The second-order valence-corrected chi connectivity index (χ2v) is 4.74. The Balaban J connectivity index is 2.30. The highest BCUT2D eigenvalue weighted by Crippen LogP contribution is 2.19. The van der Waals surface area contributed by atoms with Gasteiger partial charge in [0.1, 0.15) is 16.7 Å². The molecule has 1 aromatic carbocycles. The molecule has 1 heterocycles. The molecule has 0 aliphatic heterocycles. The number of hydrogen-bond acceptors (Lipinski definition) is 3. The minimum atomic E-state index is -0.476. The highest BCUT2D eigenvalue weighted by atomic mass is 35.5. The zero-order chi connectivity index (χ0) is 15.4. The fourth-order valence-electron chi connectivity index (χ4n) is 1.75. The smallest absolute Gasteiger partial charge is 0.279 e.